The molecule has 3 nitrogen and oxygen atoms in total. The lowest BCUT2D eigenvalue weighted by molar-refractivity contribution is 1.28. The molecule has 0 amide bonds. The molecule has 1 aromatic carbocycles. The molecule has 2 aromatic rings. The van der Waals surface area contributed by atoms with E-state index >= 15 is 0 Å². The summed E-state index contributed by atoms with van der Waals surface area (Å²) in [4.78, 5) is 4.13. The van der Waals surface area contributed by atoms with E-state index in [-0.39, 0.29) is 0 Å². The van der Waals surface area contributed by atoms with Gasteiger partial charge in [-0.15, -0.1) is 0 Å². The summed E-state index contributed by atoms with van der Waals surface area (Å²) in [5.41, 5.74) is 2.28. The predicted octanol–water partition coefficient (Wildman–Crippen LogP) is 3.66. The fourth-order valence-electron chi connectivity index (χ4n) is 1.50. The second-order valence-electron chi connectivity index (χ2n) is 3.57. The number of para-hydroxylation sites is 1. The molecule has 0 aliphatic heterocycles. The summed E-state index contributed by atoms with van der Waals surface area (Å²) in [6, 6.07) is 11.1. The summed E-state index contributed by atoms with van der Waals surface area (Å²) >= 11 is 6.10. The first-order valence-electron chi connectivity index (χ1n) is 5.09. The Morgan fingerprint density at radius 1 is 1.29 bits per heavy atom. The van der Waals surface area contributed by atoms with Gasteiger partial charge < -0.3 is 5.32 Å². The number of benzene rings is 1. The molecule has 1 N–H and O–H groups in total. The zero-order valence-corrected chi connectivity index (χ0v) is 9.99. The van der Waals surface area contributed by atoms with E-state index in [1.54, 1.807) is 24.4 Å². The second-order valence-corrected chi connectivity index (χ2v) is 3.98. The third kappa shape index (κ3) is 2.38. The van der Waals surface area contributed by atoms with E-state index in [1.807, 2.05) is 19.1 Å². The molecule has 1 heterocycles. The summed E-state index contributed by atoms with van der Waals surface area (Å²) in [7, 11) is 0. The van der Waals surface area contributed by atoms with Gasteiger partial charge in [0.1, 0.15) is 11.9 Å². The Morgan fingerprint density at radius 3 is 2.82 bits per heavy atom. The van der Waals surface area contributed by atoms with Gasteiger partial charge in [-0.25, -0.2) is 4.98 Å². The molecule has 1 aromatic heterocycles. The summed E-state index contributed by atoms with van der Waals surface area (Å²) in [5.74, 6) is 0.520. The Morgan fingerprint density at radius 2 is 2.12 bits per heavy atom. The van der Waals surface area contributed by atoms with E-state index in [0.29, 0.717) is 16.4 Å². The van der Waals surface area contributed by atoms with Crippen LogP contribution in [0.15, 0.2) is 36.5 Å². The van der Waals surface area contributed by atoms with E-state index in [4.69, 9.17) is 16.9 Å². The van der Waals surface area contributed by atoms with E-state index in [0.717, 1.165) is 11.3 Å². The molecule has 84 valence electrons. The number of nitriles is 1. The van der Waals surface area contributed by atoms with E-state index in [9.17, 15) is 0 Å². The van der Waals surface area contributed by atoms with Crippen molar-refractivity contribution in [2.24, 2.45) is 0 Å². The molecule has 0 aliphatic carbocycles. The third-order valence-corrected chi connectivity index (χ3v) is 2.71. The fourth-order valence-corrected chi connectivity index (χ4v) is 1.77. The van der Waals surface area contributed by atoms with E-state index in [2.05, 4.69) is 16.4 Å². The second kappa shape index (κ2) is 4.86. The average molecular weight is 244 g/mol. The van der Waals surface area contributed by atoms with Crippen LogP contribution in [0.25, 0.3) is 0 Å². The molecule has 0 radical (unpaired) electrons. The number of rotatable bonds is 2. The highest BCUT2D eigenvalue weighted by molar-refractivity contribution is 6.33. The molecule has 2 rings (SSSR count). The van der Waals surface area contributed by atoms with E-state index in [1.165, 1.54) is 0 Å². The Kier molecular flexibility index (Phi) is 3.27. The number of hydrogen-bond acceptors (Lipinski definition) is 3. The maximum Gasteiger partial charge on any atom is 0.148 e. The Labute approximate surface area is 105 Å². The number of nitrogens with one attached hydrogen (secondary N) is 1. The zero-order chi connectivity index (χ0) is 12.3. The molecule has 0 fully saturated rings. The lowest BCUT2D eigenvalue weighted by Gasteiger charge is -2.11. The van der Waals surface area contributed by atoms with Crippen LogP contribution in [0, 0.1) is 18.3 Å². The van der Waals surface area contributed by atoms with Gasteiger partial charge in [-0.1, -0.05) is 23.7 Å². The zero-order valence-electron chi connectivity index (χ0n) is 9.24. The first-order valence-corrected chi connectivity index (χ1v) is 5.47. The maximum atomic E-state index is 8.97. The number of hydrogen-bond donors (Lipinski definition) is 1. The lowest BCUT2D eigenvalue weighted by Crippen LogP contribution is -1.98. The summed E-state index contributed by atoms with van der Waals surface area (Å²) in [6.45, 7) is 1.95. The molecule has 0 spiro atoms. The third-order valence-electron chi connectivity index (χ3n) is 2.39. The smallest absolute Gasteiger partial charge is 0.148 e. The van der Waals surface area contributed by atoms with Crippen molar-refractivity contribution in [3.05, 3.63) is 52.7 Å². The highest BCUT2D eigenvalue weighted by atomic mass is 35.5. The van der Waals surface area contributed by atoms with Crippen LogP contribution in [-0.4, -0.2) is 4.98 Å². The van der Waals surface area contributed by atoms with Crippen molar-refractivity contribution in [2.75, 3.05) is 5.32 Å². The summed E-state index contributed by atoms with van der Waals surface area (Å²) in [5, 5.41) is 12.7. The van der Waals surface area contributed by atoms with Gasteiger partial charge in [-0.3, -0.25) is 0 Å². The maximum absolute atomic E-state index is 8.97. The van der Waals surface area contributed by atoms with Crippen LogP contribution in [0.4, 0.5) is 11.5 Å². The minimum Gasteiger partial charge on any atom is -0.338 e. The number of aryl methyl sites for hydroxylation is 1. The van der Waals surface area contributed by atoms with Gasteiger partial charge in [0, 0.05) is 6.20 Å². The van der Waals surface area contributed by atoms with Crippen LogP contribution in [0.1, 0.15) is 11.1 Å². The number of halogens is 1. The Balaban J connectivity index is 2.42. The van der Waals surface area contributed by atoms with Crippen LogP contribution in [-0.2, 0) is 0 Å². The van der Waals surface area contributed by atoms with Crippen LogP contribution >= 0.6 is 11.6 Å². The molecule has 0 saturated carbocycles. The minimum atomic E-state index is 0.492. The minimum absolute atomic E-state index is 0.492. The van der Waals surface area contributed by atoms with E-state index < -0.39 is 0 Å². The van der Waals surface area contributed by atoms with Crippen LogP contribution in [0.2, 0.25) is 5.02 Å². The van der Waals surface area contributed by atoms with Crippen molar-refractivity contribution in [3.8, 4) is 6.07 Å². The van der Waals surface area contributed by atoms with Crippen LogP contribution < -0.4 is 5.32 Å². The average Bonchev–Trinajstić information content (AvgIpc) is 2.34. The van der Waals surface area contributed by atoms with Crippen molar-refractivity contribution in [1.29, 1.82) is 5.26 Å². The van der Waals surface area contributed by atoms with Gasteiger partial charge in [-0.05, 0) is 30.7 Å². The highest BCUT2D eigenvalue weighted by Crippen LogP contribution is 2.28. The van der Waals surface area contributed by atoms with Crippen molar-refractivity contribution in [2.45, 2.75) is 6.92 Å². The molecule has 17 heavy (non-hydrogen) atoms. The molecule has 0 unspecified atom stereocenters. The number of nitrogens with zero attached hydrogens (tertiary/aromatic N) is 2. The molecular formula is C13H10ClN3. The topological polar surface area (TPSA) is 48.7 Å². The van der Waals surface area contributed by atoms with Gasteiger partial charge >= 0.3 is 0 Å². The van der Waals surface area contributed by atoms with Crippen LogP contribution in [0.3, 0.4) is 0 Å². The van der Waals surface area contributed by atoms with Gasteiger partial charge in [-0.2, -0.15) is 5.26 Å². The highest BCUT2D eigenvalue weighted by Gasteiger charge is 2.07. The molecule has 0 aliphatic rings. The summed E-state index contributed by atoms with van der Waals surface area (Å²) < 4.78 is 0. The normalized spacial score (nSPS) is 9.71. The first-order chi connectivity index (χ1) is 8.22. The SMILES string of the molecule is Cc1cccc(Cl)c1Nc1ncccc1C#N. The van der Waals surface area contributed by atoms with Gasteiger partial charge in [0.05, 0.1) is 16.3 Å². The molecule has 0 atom stereocenters. The van der Waals surface area contributed by atoms with Crippen LogP contribution in [0.5, 0.6) is 0 Å². The predicted molar refractivity (Wildman–Crippen MR) is 68.4 cm³/mol. The number of aromatic nitrogens is 1. The summed E-state index contributed by atoms with van der Waals surface area (Å²) in [6.07, 6.45) is 1.63. The number of anilines is 2. The Bertz CT molecular complexity index is 567. The van der Waals surface area contributed by atoms with Crippen molar-refractivity contribution >= 4 is 23.1 Å². The van der Waals surface area contributed by atoms with Gasteiger partial charge in [0.25, 0.3) is 0 Å². The van der Waals surface area contributed by atoms with Gasteiger partial charge in [0.2, 0.25) is 0 Å². The van der Waals surface area contributed by atoms with Crippen molar-refractivity contribution in [3.63, 3.8) is 0 Å². The molecule has 4 heteroatoms. The Hall–Kier alpha value is -2.05. The van der Waals surface area contributed by atoms with Crippen molar-refractivity contribution < 1.29 is 0 Å². The van der Waals surface area contributed by atoms with Gasteiger partial charge in [0.15, 0.2) is 0 Å². The number of pyridine rings is 1. The molecular weight excluding hydrogens is 234 g/mol. The standard InChI is InChI=1S/C13H10ClN3/c1-9-4-2-6-11(14)12(9)17-13-10(8-15)5-3-7-16-13/h2-7H,1H3,(H,16,17). The first kappa shape index (κ1) is 11.4. The largest absolute Gasteiger partial charge is 0.338 e. The molecule has 0 saturated heterocycles. The van der Waals surface area contributed by atoms with Crippen molar-refractivity contribution in [1.82, 2.24) is 4.98 Å². The molecule has 0 bridgehead atoms. The monoisotopic (exact) mass is 243 g/mol. The fraction of sp³-hybridized carbons (Fsp3) is 0.0769. The lowest BCUT2D eigenvalue weighted by atomic mass is 10.2. The quantitative estimate of drug-likeness (QED) is 0.876.